The van der Waals surface area contributed by atoms with Crippen molar-refractivity contribution in [2.45, 2.75) is 32.9 Å². The average Bonchev–Trinajstić information content (AvgIpc) is 2.82. The SMILES string of the molecule is CCCCNC(=NC)NCc1nccn1C(F)F. The summed E-state index contributed by atoms with van der Waals surface area (Å²) in [5.41, 5.74) is 0. The van der Waals surface area contributed by atoms with Crippen LogP contribution in [0.1, 0.15) is 32.1 Å². The first-order valence-electron chi connectivity index (χ1n) is 5.93. The Morgan fingerprint density at radius 2 is 2.28 bits per heavy atom. The Morgan fingerprint density at radius 1 is 1.50 bits per heavy atom. The first kappa shape index (κ1) is 14.4. The van der Waals surface area contributed by atoms with Crippen molar-refractivity contribution in [1.29, 1.82) is 0 Å². The quantitative estimate of drug-likeness (QED) is 0.465. The van der Waals surface area contributed by atoms with E-state index in [1.54, 1.807) is 7.05 Å². The van der Waals surface area contributed by atoms with E-state index in [1.807, 2.05) is 0 Å². The molecule has 0 bridgehead atoms. The van der Waals surface area contributed by atoms with E-state index in [4.69, 9.17) is 0 Å². The normalized spacial score (nSPS) is 11.9. The molecule has 0 fully saturated rings. The molecule has 0 saturated heterocycles. The van der Waals surface area contributed by atoms with Crippen LogP contribution in [0.25, 0.3) is 0 Å². The van der Waals surface area contributed by atoms with Gasteiger partial charge in [0.15, 0.2) is 5.96 Å². The number of halogens is 2. The van der Waals surface area contributed by atoms with Crippen LogP contribution >= 0.6 is 0 Å². The molecule has 1 heterocycles. The summed E-state index contributed by atoms with van der Waals surface area (Å²) in [7, 11) is 1.64. The van der Waals surface area contributed by atoms with Crippen molar-refractivity contribution in [2.24, 2.45) is 4.99 Å². The van der Waals surface area contributed by atoms with Gasteiger partial charge in [0.1, 0.15) is 5.82 Å². The molecule has 1 aromatic heterocycles. The summed E-state index contributed by atoms with van der Waals surface area (Å²) in [5.74, 6) is 0.871. The molecule has 0 saturated carbocycles. The number of unbranched alkanes of at least 4 members (excludes halogenated alkanes) is 1. The maximum Gasteiger partial charge on any atom is 0.319 e. The van der Waals surface area contributed by atoms with Gasteiger partial charge in [0.25, 0.3) is 0 Å². The number of nitrogens with zero attached hydrogens (tertiary/aromatic N) is 3. The molecule has 102 valence electrons. The highest BCUT2D eigenvalue weighted by Crippen LogP contribution is 2.11. The van der Waals surface area contributed by atoms with E-state index < -0.39 is 6.55 Å². The Labute approximate surface area is 105 Å². The topological polar surface area (TPSA) is 54.2 Å². The molecule has 0 aliphatic rings. The van der Waals surface area contributed by atoms with Crippen molar-refractivity contribution in [3.63, 3.8) is 0 Å². The Kier molecular flexibility index (Phi) is 6.10. The van der Waals surface area contributed by atoms with Crippen LogP contribution in [-0.2, 0) is 6.54 Å². The van der Waals surface area contributed by atoms with Gasteiger partial charge in [-0.2, -0.15) is 8.78 Å². The summed E-state index contributed by atoms with van der Waals surface area (Å²) >= 11 is 0. The Bertz CT molecular complexity index is 375. The van der Waals surface area contributed by atoms with Crippen LogP contribution in [0.3, 0.4) is 0 Å². The largest absolute Gasteiger partial charge is 0.356 e. The van der Waals surface area contributed by atoms with Gasteiger partial charge < -0.3 is 10.6 Å². The average molecular weight is 259 g/mol. The number of imidazole rings is 1. The van der Waals surface area contributed by atoms with Crippen molar-refractivity contribution < 1.29 is 8.78 Å². The highest BCUT2D eigenvalue weighted by atomic mass is 19.3. The lowest BCUT2D eigenvalue weighted by molar-refractivity contribution is 0.0668. The van der Waals surface area contributed by atoms with Crippen LogP contribution in [0, 0.1) is 0 Å². The molecule has 2 N–H and O–H groups in total. The summed E-state index contributed by atoms with van der Waals surface area (Å²) in [5, 5.41) is 6.04. The van der Waals surface area contributed by atoms with Crippen LogP contribution in [0.15, 0.2) is 17.4 Å². The molecule has 0 spiro atoms. The minimum Gasteiger partial charge on any atom is -0.356 e. The number of guanidine groups is 1. The van der Waals surface area contributed by atoms with Crippen molar-refractivity contribution in [3.05, 3.63) is 18.2 Å². The first-order valence-corrected chi connectivity index (χ1v) is 5.93. The predicted octanol–water partition coefficient (Wildman–Crippen LogP) is 1.74. The van der Waals surface area contributed by atoms with Gasteiger partial charge in [-0.25, -0.2) is 4.98 Å². The van der Waals surface area contributed by atoms with Gasteiger partial charge in [0.2, 0.25) is 0 Å². The molecule has 0 aromatic carbocycles. The fraction of sp³-hybridized carbons (Fsp3) is 0.636. The highest BCUT2D eigenvalue weighted by Gasteiger charge is 2.11. The van der Waals surface area contributed by atoms with Gasteiger partial charge in [-0.1, -0.05) is 13.3 Å². The van der Waals surface area contributed by atoms with Crippen LogP contribution < -0.4 is 10.6 Å². The minimum atomic E-state index is -2.57. The van der Waals surface area contributed by atoms with E-state index in [1.165, 1.54) is 12.4 Å². The van der Waals surface area contributed by atoms with Crippen molar-refractivity contribution in [1.82, 2.24) is 20.2 Å². The fourth-order valence-electron chi connectivity index (χ4n) is 1.43. The second-order valence-electron chi connectivity index (χ2n) is 3.73. The van der Waals surface area contributed by atoms with E-state index in [0.717, 1.165) is 24.0 Å². The number of hydrogen-bond acceptors (Lipinski definition) is 2. The van der Waals surface area contributed by atoms with Crippen LogP contribution in [-0.4, -0.2) is 29.1 Å². The summed E-state index contributed by atoms with van der Waals surface area (Å²) < 4.78 is 26.0. The number of alkyl halides is 2. The fourth-order valence-corrected chi connectivity index (χ4v) is 1.43. The third-order valence-corrected chi connectivity index (χ3v) is 2.42. The zero-order chi connectivity index (χ0) is 13.4. The molecule has 1 aromatic rings. The van der Waals surface area contributed by atoms with E-state index in [2.05, 4.69) is 27.5 Å². The molecule has 1 rings (SSSR count). The number of hydrogen-bond donors (Lipinski definition) is 2. The molecule has 0 unspecified atom stereocenters. The van der Waals surface area contributed by atoms with Crippen LogP contribution in [0.5, 0.6) is 0 Å². The zero-order valence-electron chi connectivity index (χ0n) is 10.7. The Balaban J connectivity index is 2.45. The maximum absolute atomic E-state index is 12.6. The summed E-state index contributed by atoms with van der Waals surface area (Å²) in [4.78, 5) is 7.88. The summed E-state index contributed by atoms with van der Waals surface area (Å²) in [6.45, 7) is 0.541. The van der Waals surface area contributed by atoms with Crippen molar-refractivity contribution in [3.8, 4) is 0 Å². The molecule has 7 heteroatoms. The van der Waals surface area contributed by atoms with Crippen LogP contribution in [0.2, 0.25) is 0 Å². The van der Waals surface area contributed by atoms with E-state index in [0.29, 0.717) is 5.96 Å². The van der Waals surface area contributed by atoms with Crippen molar-refractivity contribution in [2.75, 3.05) is 13.6 Å². The third-order valence-electron chi connectivity index (χ3n) is 2.42. The lowest BCUT2D eigenvalue weighted by Gasteiger charge is -2.12. The van der Waals surface area contributed by atoms with E-state index in [9.17, 15) is 8.78 Å². The zero-order valence-corrected chi connectivity index (χ0v) is 10.7. The molecule has 0 aliphatic heterocycles. The van der Waals surface area contributed by atoms with E-state index in [-0.39, 0.29) is 12.4 Å². The Hall–Kier alpha value is -1.66. The standard InChI is InChI=1S/C11H19F2N5/c1-3-4-5-16-11(14-2)17-8-9-15-6-7-18(9)10(12)13/h6-7,10H,3-5,8H2,1-2H3,(H2,14,16,17). The van der Waals surface area contributed by atoms with Gasteiger partial charge in [-0.05, 0) is 6.42 Å². The smallest absolute Gasteiger partial charge is 0.319 e. The summed E-state index contributed by atoms with van der Waals surface area (Å²) in [6.07, 6.45) is 4.73. The minimum absolute atomic E-state index is 0.211. The lowest BCUT2D eigenvalue weighted by atomic mass is 10.3. The molecule has 0 radical (unpaired) electrons. The maximum atomic E-state index is 12.6. The van der Waals surface area contributed by atoms with Crippen molar-refractivity contribution >= 4 is 5.96 Å². The molecular formula is C11H19F2N5. The second-order valence-corrected chi connectivity index (χ2v) is 3.73. The molecule has 5 nitrogen and oxygen atoms in total. The van der Waals surface area contributed by atoms with E-state index >= 15 is 0 Å². The first-order chi connectivity index (χ1) is 8.69. The number of nitrogens with one attached hydrogen (secondary N) is 2. The monoisotopic (exact) mass is 259 g/mol. The molecule has 0 atom stereocenters. The van der Waals surface area contributed by atoms with Crippen LogP contribution in [0.4, 0.5) is 8.78 Å². The number of rotatable bonds is 6. The lowest BCUT2D eigenvalue weighted by Crippen LogP contribution is -2.37. The van der Waals surface area contributed by atoms with Gasteiger partial charge in [-0.15, -0.1) is 0 Å². The third kappa shape index (κ3) is 4.31. The Morgan fingerprint density at radius 3 is 2.89 bits per heavy atom. The molecular weight excluding hydrogens is 240 g/mol. The molecule has 18 heavy (non-hydrogen) atoms. The van der Waals surface area contributed by atoms with Gasteiger partial charge in [0.05, 0.1) is 6.54 Å². The second kappa shape index (κ2) is 7.62. The van der Waals surface area contributed by atoms with Gasteiger partial charge >= 0.3 is 6.55 Å². The molecule has 0 amide bonds. The number of aliphatic imine (C=N–C) groups is 1. The number of aromatic nitrogens is 2. The predicted molar refractivity (Wildman–Crippen MR) is 66.6 cm³/mol. The summed E-state index contributed by atoms with van der Waals surface area (Å²) in [6, 6.07) is 0. The van der Waals surface area contributed by atoms with Gasteiger partial charge in [-0.3, -0.25) is 9.56 Å². The molecule has 0 aliphatic carbocycles. The highest BCUT2D eigenvalue weighted by molar-refractivity contribution is 5.79. The van der Waals surface area contributed by atoms with Gasteiger partial charge in [0, 0.05) is 26.0 Å².